The van der Waals surface area contributed by atoms with Gasteiger partial charge < -0.3 is 14.5 Å². The Kier molecular flexibility index (Phi) is 5.69. The molecule has 1 heterocycles. The number of nitrogens with one attached hydrogen (secondary N) is 1. The summed E-state index contributed by atoms with van der Waals surface area (Å²) >= 11 is 7.24. The number of halogens is 1. The summed E-state index contributed by atoms with van der Waals surface area (Å²) in [5, 5.41) is 13.8. The molecule has 1 amide bonds. The van der Waals surface area contributed by atoms with Gasteiger partial charge in [0.1, 0.15) is 5.75 Å². The lowest BCUT2D eigenvalue weighted by atomic mass is 10.0. The van der Waals surface area contributed by atoms with Crippen LogP contribution in [-0.2, 0) is 4.79 Å². The summed E-state index contributed by atoms with van der Waals surface area (Å²) in [5.74, 6) is 0.888. The zero-order valence-corrected chi connectivity index (χ0v) is 17.0. The van der Waals surface area contributed by atoms with Crippen molar-refractivity contribution in [3.05, 3.63) is 65.7 Å². The number of aromatic nitrogens is 2. The summed E-state index contributed by atoms with van der Waals surface area (Å²) in [7, 11) is 1.53. The second-order valence-corrected chi connectivity index (χ2v) is 7.42. The third-order valence-corrected chi connectivity index (χ3v) is 5.30. The van der Waals surface area contributed by atoms with Gasteiger partial charge in [0, 0.05) is 11.3 Å². The molecule has 6 nitrogen and oxygen atoms in total. The minimum absolute atomic E-state index is 0.126. The Balaban J connectivity index is 1.42. The lowest BCUT2D eigenvalue weighted by Gasteiger charge is -2.07. The lowest BCUT2D eigenvalue weighted by molar-refractivity contribution is -0.113. The number of benzene rings is 3. The number of nitrogens with zero attached hydrogens (tertiary/aromatic N) is 2. The molecule has 0 unspecified atom stereocenters. The molecule has 1 N–H and O–H groups in total. The highest BCUT2D eigenvalue weighted by Crippen LogP contribution is 2.30. The average molecular weight is 426 g/mol. The number of fused-ring (bicyclic) bond motifs is 1. The lowest BCUT2D eigenvalue weighted by Crippen LogP contribution is -2.14. The first-order chi connectivity index (χ1) is 14.1. The van der Waals surface area contributed by atoms with Crippen LogP contribution in [0.25, 0.3) is 22.2 Å². The van der Waals surface area contributed by atoms with Crippen molar-refractivity contribution in [3.8, 4) is 17.2 Å². The summed E-state index contributed by atoms with van der Waals surface area (Å²) in [5.41, 5.74) is 1.45. The Morgan fingerprint density at radius 1 is 1.14 bits per heavy atom. The number of thioether (sulfide) groups is 1. The van der Waals surface area contributed by atoms with Crippen molar-refractivity contribution >= 4 is 45.7 Å². The Hall–Kier alpha value is -3.03. The van der Waals surface area contributed by atoms with Crippen LogP contribution in [0, 0.1) is 0 Å². The number of ether oxygens (including phenoxy) is 1. The van der Waals surface area contributed by atoms with Gasteiger partial charge in [0.15, 0.2) is 0 Å². The average Bonchev–Trinajstić information content (AvgIpc) is 3.21. The van der Waals surface area contributed by atoms with Crippen LogP contribution in [0.3, 0.4) is 0 Å². The van der Waals surface area contributed by atoms with Crippen molar-refractivity contribution in [2.45, 2.75) is 5.22 Å². The SMILES string of the molecule is COc1ccc(NC(=O)CSc2nnc(-c3cccc4ccccc34)o2)cc1Cl. The van der Waals surface area contributed by atoms with E-state index in [9.17, 15) is 4.79 Å². The van der Waals surface area contributed by atoms with Crippen molar-refractivity contribution in [2.75, 3.05) is 18.2 Å². The third-order valence-electron chi connectivity index (χ3n) is 4.19. The van der Waals surface area contributed by atoms with Gasteiger partial charge in [-0.15, -0.1) is 10.2 Å². The highest BCUT2D eigenvalue weighted by molar-refractivity contribution is 7.99. The maximum Gasteiger partial charge on any atom is 0.277 e. The molecule has 0 saturated carbocycles. The number of carbonyl (C=O) groups is 1. The monoisotopic (exact) mass is 425 g/mol. The molecule has 0 spiro atoms. The zero-order valence-electron chi connectivity index (χ0n) is 15.4. The number of amides is 1. The van der Waals surface area contributed by atoms with Gasteiger partial charge in [-0.2, -0.15) is 0 Å². The van der Waals surface area contributed by atoms with Crippen molar-refractivity contribution in [3.63, 3.8) is 0 Å². The second-order valence-electron chi connectivity index (χ2n) is 6.09. The van der Waals surface area contributed by atoms with E-state index in [1.807, 2.05) is 42.5 Å². The fraction of sp³-hybridized carbons (Fsp3) is 0.0952. The Bertz CT molecular complexity index is 1170. The quantitative estimate of drug-likeness (QED) is 0.423. The predicted molar refractivity (Wildman–Crippen MR) is 115 cm³/mol. The van der Waals surface area contributed by atoms with E-state index in [1.165, 1.54) is 18.9 Å². The van der Waals surface area contributed by atoms with E-state index in [0.29, 0.717) is 27.6 Å². The molecule has 4 rings (SSSR count). The van der Waals surface area contributed by atoms with E-state index in [0.717, 1.165) is 16.3 Å². The highest BCUT2D eigenvalue weighted by atomic mass is 35.5. The first-order valence-corrected chi connectivity index (χ1v) is 10.1. The minimum Gasteiger partial charge on any atom is -0.495 e. The second kappa shape index (κ2) is 8.55. The molecule has 4 aromatic rings. The van der Waals surface area contributed by atoms with E-state index in [1.54, 1.807) is 18.2 Å². The first kappa shape index (κ1) is 19.3. The molecule has 8 heteroatoms. The molecular weight excluding hydrogens is 410 g/mol. The topological polar surface area (TPSA) is 77.2 Å². The molecule has 0 atom stereocenters. The predicted octanol–water partition coefficient (Wildman–Crippen LogP) is 5.28. The van der Waals surface area contributed by atoms with E-state index < -0.39 is 0 Å². The Labute approximate surface area is 176 Å². The largest absolute Gasteiger partial charge is 0.495 e. The number of hydrogen-bond donors (Lipinski definition) is 1. The summed E-state index contributed by atoms with van der Waals surface area (Å²) in [6, 6.07) is 18.9. The van der Waals surface area contributed by atoms with Gasteiger partial charge >= 0.3 is 0 Å². The van der Waals surface area contributed by atoms with Crippen LogP contribution < -0.4 is 10.1 Å². The summed E-state index contributed by atoms with van der Waals surface area (Å²) in [6.45, 7) is 0. The van der Waals surface area contributed by atoms with Gasteiger partial charge in [0.2, 0.25) is 11.8 Å². The molecule has 0 saturated heterocycles. The van der Waals surface area contributed by atoms with Crippen molar-refractivity contribution in [1.82, 2.24) is 10.2 Å². The standard InChI is InChI=1S/C21H16ClN3O3S/c1-27-18-10-9-14(11-17(18)22)23-19(26)12-29-21-25-24-20(28-21)16-8-4-6-13-5-2-3-7-15(13)16/h2-11H,12H2,1H3,(H,23,26). The maximum absolute atomic E-state index is 12.2. The molecule has 0 aliphatic heterocycles. The molecular formula is C21H16ClN3O3S. The van der Waals surface area contributed by atoms with E-state index in [2.05, 4.69) is 15.5 Å². The van der Waals surface area contributed by atoms with Crippen LogP contribution in [0.5, 0.6) is 5.75 Å². The fourth-order valence-electron chi connectivity index (χ4n) is 2.86. The van der Waals surface area contributed by atoms with Gasteiger partial charge in [-0.25, -0.2) is 0 Å². The zero-order chi connectivity index (χ0) is 20.2. The number of hydrogen-bond acceptors (Lipinski definition) is 6. The van der Waals surface area contributed by atoms with Crippen LogP contribution in [0.2, 0.25) is 5.02 Å². The smallest absolute Gasteiger partial charge is 0.277 e. The summed E-state index contributed by atoms with van der Waals surface area (Å²) < 4.78 is 10.9. The Morgan fingerprint density at radius 2 is 1.97 bits per heavy atom. The van der Waals surface area contributed by atoms with E-state index in [-0.39, 0.29) is 11.7 Å². The first-order valence-electron chi connectivity index (χ1n) is 8.72. The molecule has 0 aliphatic rings. The van der Waals surface area contributed by atoms with Gasteiger partial charge in [-0.1, -0.05) is 59.8 Å². The number of rotatable bonds is 6. The van der Waals surface area contributed by atoms with Crippen molar-refractivity contribution in [2.24, 2.45) is 0 Å². The molecule has 0 radical (unpaired) electrons. The number of carbonyl (C=O) groups excluding carboxylic acids is 1. The van der Waals surface area contributed by atoms with Crippen molar-refractivity contribution in [1.29, 1.82) is 0 Å². The number of methoxy groups -OCH3 is 1. The van der Waals surface area contributed by atoms with Crippen LogP contribution >= 0.6 is 23.4 Å². The molecule has 29 heavy (non-hydrogen) atoms. The molecule has 0 bridgehead atoms. The van der Waals surface area contributed by atoms with Crippen LogP contribution in [-0.4, -0.2) is 29.0 Å². The van der Waals surface area contributed by atoms with Crippen LogP contribution in [0.1, 0.15) is 0 Å². The maximum atomic E-state index is 12.2. The van der Waals surface area contributed by atoms with Gasteiger partial charge in [0.25, 0.3) is 5.22 Å². The highest BCUT2D eigenvalue weighted by Gasteiger charge is 2.14. The molecule has 3 aromatic carbocycles. The van der Waals surface area contributed by atoms with Gasteiger partial charge in [-0.05, 0) is 35.0 Å². The normalized spacial score (nSPS) is 10.8. The minimum atomic E-state index is -0.207. The van der Waals surface area contributed by atoms with Crippen LogP contribution in [0.15, 0.2) is 70.3 Å². The van der Waals surface area contributed by atoms with E-state index in [4.69, 9.17) is 20.8 Å². The fourth-order valence-corrected chi connectivity index (χ4v) is 3.68. The van der Waals surface area contributed by atoms with E-state index >= 15 is 0 Å². The molecule has 0 fully saturated rings. The van der Waals surface area contributed by atoms with Gasteiger partial charge in [-0.3, -0.25) is 4.79 Å². The third kappa shape index (κ3) is 4.36. The molecule has 0 aliphatic carbocycles. The summed E-state index contributed by atoms with van der Waals surface area (Å²) in [6.07, 6.45) is 0. The summed E-state index contributed by atoms with van der Waals surface area (Å²) in [4.78, 5) is 12.2. The number of anilines is 1. The molecule has 146 valence electrons. The molecule has 1 aromatic heterocycles. The Morgan fingerprint density at radius 3 is 2.79 bits per heavy atom. The van der Waals surface area contributed by atoms with Crippen molar-refractivity contribution < 1.29 is 13.9 Å². The van der Waals surface area contributed by atoms with Crippen LogP contribution in [0.4, 0.5) is 5.69 Å². The van der Waals surface area contributed by atoms with Gasteiger partial charge in [0.05, 0.1) is 17.9 Å².